The van der Waals surface area contributed by atoms with Gasteiger partial charge in [0.05, 0.1) is 0 Å². The average molecular weight is 145 g/mol. The lowest BCUT2D eigenvalue weighted by Crippen LogP contribution is -1.89. The Hall–Kier alpha value is -0.960. The summed E-state index contributed by atoms with van der Waals surface area (Å²) in [5, 5.41) is 0. The smallest absolute Gasteiger partial charge is 0.0270 e. The van der Waals surface area contributed by atoms with E-state index in [4.69, 9.17) is 6.42 Å². The number of allylic oxidation sites excluding steroid dienone is 4. The van der Waals surface area contributed by atoms with Gasteiger partial charge < -0.3 is 0 Å². The second-order valence-corrected chi connectivity index (χ2v) is 3.02. The lowest BCUT2D eigenvalue weighted by atomic mass is 10.00. The molecule has 0 aromatic heterocycles. The van der Waals surface area contributed by atoms with E-state index >= 15 is 0 Å². The van der Waals surface area contributed by atoms with Crippen molar-refractivity contribution in [3.05, 3.63) is 28.2 Å². The van der Waals surface area contributed by atoms with Gasteiger partial charge in [0.25, 0.3) is 0 Å². The summed E-state index contributed by atoms with van der Waals surface area (Å²) < 4.78 is 0. The minimum Gasteiger partial charge on any atom is -0.115 e. The van der Waals surface area contributed by atoms with E-state index < -0.39 is 0 Å². The summed E-state index contributed by atoms with van der Waals surface area (Å²) in [6, 6.07) is 0. The van der Waals surface area contributed by atoms with Crippen molar-refractivity contribution in [2.24, 2.45) is 0 Å². The van der Waals surface area contributed by atoms with Crippen LogP contribution in [-0.4, -0.2) is 0 Å². The first-order chi connectivity index (χ1) is 5.09. The van der Waals surface area contributed by atoms with E-state index in [9.17, 15) is 0 Å². The van der Waals surface area contributed by atoms with Crippen molar-refractivity contribution in [1.82, 2.24) is 0 Å². The van der Waals surface area contributed by atoms with Crippen molar-refractivity contribution in [3.8, 4) is 12.3 Å². The molecule has 0 unspecified atom stereocenters. The van der Waals surface area contributed by atoms with E-state index in [0.29, 0.717) is 0 Å². The topological polar surface area (TPSA) is 0 Å². The predicted octanol–water partition coefficient (Wildman–Crippen LogP) is 2.88. The second kappa shape index (κ2) is 2.58. The largest absolute Gasteiger partial charge is 0.115 e. The van der Waals surface area contributed by atoms with Gasteiger partial charge >= 0.3 is 0 Å². The maximum atomic E-state index is 5.38. The molecule has 11 heavy (non-hydrogen) atoms. The van der Waals surface area contributed by atoms with Gasteiger partial charge in [0, 0.05) is 11.5 Å². The molecule has 0 nitrogen and oxygen atoms in total. The third-order valence-corrected chi connectivity index (χ3v) is 2.58. The van der Waals surface area contributed by atoms with Gasteiger partial charge in [0.1, 0.15) is 0 Å². The van der Waals surface area contributed by atoms with E-state index in [2.05, 4.69) is 33.6 Å². The molecule has 57 valence electrons. The van der Waals surface area contributed by atoms with Crippen LogP contribution in [0.2, 0.25) is 0 Å². The Labute approximate surface area is 69.0 Å². The lowest BCUT2D eigenvalue weighted by molar-refractivity contribution is 1.14. The zero-order chi connectivity index (χ0) is 8.59. The van der Waals surface area contributed by atoms with E-state index in [1.165, 1.54) is 22.6 Å². The maximum Gasteiger partial charge on any atom is 0.0270 e. The lowest BCUT2D eigenvalue weighted by Gasteiger charge is -2.04. The maximum absolute atomic E-state index is 5.38. The summed E-state index contributed by atoms with van der Waals surface area (Å²) in [5.74, 6) is 4.07. The quantitative estimate of drug-likeness (QED) is 0.460. The Bertz CT molecular complexity index is 282. The van der Waals surface area contributed by atoms with Gasteiger partial charge in [-0.25, -0.2) is 0 Å². The molecule has 0 atom stereocenters. The number of hydrogen-bond donors (Lipinski definition) is 0. The first-order valence-corrected chi connectivity index (χ1v) is 3.79. The minimum absolute atomic E-state index is 1.08. The van der Waals surface area contributed by atoms with Gasteiger partial charge in [-0.15, -0.1) is 6.42 Å². The highest BCUT2D eigenvalue weighted by Crippen LogP contribution is 2.37. The van der Waals surface area contributed by atoms with Crippen LogP contribution in [0, 0.1) is 18.3 Å². The van der Waals surface area contributed by atoms with E-state index in [1.807, 2.05) is 0 Å². The van der Waals surface area contributed by atoms with Crippen LogP contribution in [0.1, 0.15) is 27.7 Å². The molecule has 0 bridgehead atoms. The van der Waals surface area contributed by atoms with Crippen molar-refractivity contribution in [1.29, 1.82) is 0 Å². The SMILES string of the molecule is C#CC1=C(C)[C](C)C(C)=C1C. The summed E-state index contributed by atoms with van der Waals surface area (Å²) in [5.41, 5.74) is 4.96. The molecule has 1 aliphatic carbocycles. The van der Waals surface area contributed by atoms with Crippen LogP contribution in [-0.2, 0) is 0 Å². The first-order valence-electron chi connectivity index (χ1n) is 3.79. The molecule has 0 heteroatoms. The molecule has 0 spiro atoms. The molecular formula is C11H13. The highest BCUT2D eigenvalue weighted by molar-refractivity contribution is 5.63. The van der Waals surface area contributed by atoms with Crippen LogP contribution in [0.3, 0.4) is 0 Å². The summed E-state index contributed by atoms with van der Waals surface area (Å²) >= 11 is 0. The van der Waals surface area contributed by atoms with Crippen LogP contribution in [0.25, 0.3) is 0 Å². The first kappa shape index (κ1) is 8.14. The van der Waals surface area contributed by atoms with Crippen LogP contribution in [0.15, 0.2) is 22.3 Å². The summed E-state index contributed by atoms with van der Waals surface area (Å²) in [7, 11) is 0. The molecule has 0 heterocycles. The van der Waals surface area contributed by atoms with Gasteiger partial charge in [0.15, 0.2) is 0 Å². The number of terminal acetylenes is 1. The Balaban J connectivity index is 3.20. The Morgan fingerprint density at radius 3 is 1.64 bits per heavy atom. The van der Waals surface area contributed by atoms with Crippen LogP contribution < -0.4 is 0 Å². The molecule has 1 rings (SSSR count). The molecule has 0 amide bonds. The zero-order valence-corrected chi connectivity index (χ0v) is 7.58. The molecule has 0 saturated heterocycles. The summed E-state index contributed by atoms with van der Waals surface area (Å²) in [6.07, 6.45) is 5.38. The van der Waals surface area contributed by atoms with Gasteiger partial charge in [0.2, 0.25) is 0 Å². The fourth-order valence-electron chi connectivity index (χ4n) is 1.44. The van der Waals surface area contributed by atoms with Crippen molar-refractivity contribution < 1.29 is 0 Å². The van der Waals surface area contributed by atoms with Gasteiger partial charge in [-0.1, -0.05) is 18.4 Å². The molecule has 0 saturated carbocycles. The number of hydrogen-bond acceptors (Lipinski definition) is 0. The van der Waals surface area contributed by atoms with Gasteiger partial charge in [-0.3, -0.25) is 0 Å². The fraction of sp³-hybridized carbons (Fsp3) is 0.364. The molecule has 1 aliphatic rings. The molecule has 1 radical (unpaired) electrons. The predicted molar refractivity (Wildman–Crippen MR) is 48.8 cm³/mol. The summed E-state index contributed by atoms with van der Waals surface area (Å²) in [6.45, 7) is 8.42. The highest BCUT2D eigenvalue weighted by Gasteiger charge is 2.21. The second-order valence-electron chi connectivity index (χ2n) is 3.02. The van der Waals surface area contributed by atoms with E-state index in [1.54, 1.807) is 0 Å². The normalized spacial score (nSPS) is 19.5. The molecular weight excluding hydrogens is 132 g/mol. The van der Waals surface area contributed by atoms with Crippen LogP contribution in [0.4, 0.5) is 0 Å². The molecule has 0 aliphatic heterocycles. The molecule has 0 N–H and O–H groups in total. The van der Waals surface area contributed by atoms with Crippen LogP contribution in [0.5, 0.6) is 0 Å². The molecule has 0 aromatic rings. The number of rotatable bonds is 0. The van der Waals surface area contributed by atoms with Crippen molar-refractivity contribution in [2.45, 2.75) is 27.7 Å². The van der Waals surface area contributed by atoms with Crippen molar-refractivity contribution in [3.63, 3.8) is 0 Å². The van der Waals surface area contributed by atoms with Gasteiger partial charge in [-0.2, -0.15) is 0 Å². The Morgan fingerprint density at radius 1 is 0.909 bits per heavy atom. The average Bonchev–Trinajstić information content (AvgIpc) is 2.17. The Morgan fingerprint density at radius 2 is 1.45 bits per heavy atom. The monoisotopic (exact) mass is 145 g/mol. The minimum atomic E-state index is 1.08. The van der Waals surface area contributed by atoms with E-state index in [0.717, 1.165) is 5.57 Å². The zero-order valence-electron chi connectivity index (χ0n) is 7.58. The van der Waals surface area contributed by atoms with E-state index in [-0.39, 0.29) is 0 Å². The highest BCUT2D eigenvalue weighted by atomic mass is 14.2. The van der Waals surface area contributed by atoms with Crippen molar-refractivity contribution >= 4 is 0 Å². The van der Waals surface area contributed by atoms with Crippen LogP contribution >= 0.6 is 0 Å². The van der Waals surface area contributed by atoms with Gasteiger partial charge in [-0.05, 0) is 31.9 Å². The standard InChI is InChI=1S/C11H13/c1-6-11-9(4)7(2)8(3)10(11)5/h1H,2-5H3. The van der Waals surface area contributed by atoms with Crippen molar-refractivity contribution in [2.75, 3.05) is 0 Å². The molecule has 0 aromatic carbocycles. The summed E-state index contributed by atoms with van der Waals surface area (Å²) in [4.78, 5) is 0. The Kier molecular flexibility index (Phi) is 1.91. The molecule has 0 fully saturated rings. The fourth-order valence-corrected chi connectivity index (χ4v) is 1.44. The third-order valence-electron chi connectivity index (χ3n) is 2.58. The third kappa shape index (κ3) is 1.01.